The zero-order chi connectivity index (χ0) is 23.7. The average molecular weight is 480 g/mol. The molecule has 2 aromatic heterocycles. The van der Waals surface area contributed by atoms with E-state index in [0.717, 1.165) is 32.5 Å². The van der Waals surface area contributed by atoms with Crippen molar-refractivity contribution in [1.82, 2.24) is 19.4 Å². The third-order valence-corrected chi connectivity index (χ3v) is 6.57. The molecule has 3 heterocycles. The van der Waals surface area contributed by atoms with Gasteiger partial charge >= 0.3 is 6.09 Å². The van der Waals surface area contributed by atoms with E-state index in [1.807, 2.05) is 12.3 Å². The zero-order valence-corrected chi connectivity index (χ0v) is 19.0. The van der Waals surface area contributed by atoms with E-state index in [4.69, 9.17) is 16.7 Å². The molecule has 0 bridgehead atoms. The van der Waals surface area contributed by atoms with Crippen molar-refractivity contribution in [3.8, 4) is 11.1 Å². The maximum Gasteiger partial charge on any atom is 0.409 e. The van der Waals surface area contributed by atoms with Crippen LogP contribution in [0.4, 0.5) is 14.9 Å². The van der Waals surface area contributed by atoms with Gasteiger partial charge in [0.2, 0.25) is 0 Å². The maximum absolute atomic E-state index is 14.6. The van der Waals surface area contributed by atoms with Crippen LogP contribution >= 0.6 is 11.6 Å². The fourth-order valence-electron chi connectivity index (χ4n) is 4.64. The van der Waals surface area contributed by atoms with Crippen LogP contribution in [0.3, 0.4) is 0 Å². The summed E-state index contributed by atoms with van der Waals surface area (Å²) in [5.41, 5.74) is 3.21. The summed E-state index contributed by atoms with van der Waals surface area (Å²) in [5.74, 6) is -0.664. The Hall–Kier alpha value is -3.49. The molecule has 5 rings (SSSR count). The first-order chi connectivity index (χ1) is 16.5. The summed E-state index contributed by atoms with van der Waals surface area (Å²) in [4.78, 5) is 22.0. The molecule has 34 heavy (non-hydrogen) atoms. The highest BCUT2D eigenvalue weighted by Gasteiger charge is 2.25. The number of aromatic nitrogens is 3. The lowest BCUT2D eigenvalue weighted by molar-refractivity contribution is 0.181. The molecule has 1 amide bonds. The second-order valence-electron chi connectivity index (χ2n) is 8.43. The van der Waals surface area contributed by atoms with Crippen molar-refractivity contribution in [3.63, 3.8) is 0 Å². The van der Waals surface area contributed by atoms with Crippen molar-refractivity contribution in [2.24, 2.45) is 0 Å². The number of hydrogen-bond donors (Lipinski definition) is 2. The highest BCUT2D eigenvalue weighted by Crippen LogP contribution is 2.38. The summed E-state index contributed by atoms with van der Waals surface area (Å²) in [6.07, 6.45) is 3.98. The van der Waals surface area contributed by atoms with Crippen molar-refractivity contribution in [1.29, 1.82) is 0 Å². The number of hydrogen-bond acceptors (Lipinski definition) is 4. The van der Waals surface area contributed by atoms with Gasteiger partial charge < -0.3 is 9.67 Å². The number of nitrogens with one attached hydrogen (secondary N) is 1. The predicted molar refractivity (Wildman–Crippen MR) is 130 cm³/mol. The van der Waals surface area contributed by atoms with Gasteiger partial charge in [0, 0.05) is 37.4 Å². The number of halogens is 2. The van der Waals surface area contributed by atoms with Gasteiger partial charge in [-0.1, -0.05) is 48.0 Å². The van der Waals surface area contributed by atoms with Crippen LogP contribution in [0.5, 0.6) is 0 Å². The van der Waals surface area contributed by atoms with Crippen LogP contribution < -0.4 is 5.32 Å². The number of rotatable bonds is 5. The Balaban J connectivity index is 1.43. The SMILES string of the molecule is O=C(O)Nc1ccc(-c2cn(C3CCN(Cc4ccccc4)CC3)c3ncnc(Cl)c23)cc1F. The molecule has 0 unspecified atom stereocenters. The number of nitrogens with zero attached hydrogens (tertiary/aromatic N) is 4. The normalized spacial score (nSPS) is 15.0. The molecule has 7 nitrogen and oxygen atoms in total. The van der Waals surface area contributed by atoms with Crippen LogP contribution in [0.2, 0.25) is 5.15 Å². The minimum atomic E-state index is -1.32. The molecule has 0 saturated carbocycles. The molecule has 2 aromatic carbocycles. The van der Waals surface area contributed by atoms with Gasteiger partial charge in [-0.25, -0.2) is 19.2 Å². The van der Waals surface area contributed by atoms with Gasteiger partial charge in [0.05, 0.1) is 11.1 Å². The van der Waals surface area contributed by atoms with E-state index < -0.39 is 11.9 Å². The lowest BCUT2D eigenvalue weighted by Crippen LogP contribution is -2.34. The first-order valence-corrected chi connectivity index (χ1v) is 11.4. The number of carboxylic acid groups (broad SMARTS) is 1. The quantitative estimate of drug-likeness (QED) is 0.352. The van der Waals surface area contributed by atoms with Crippen LogP contribution in [0.1, 0.15) is 24.4 Å². The lowest BCUT2D eigenvalue weighted by atomic mass is 10.0. The Labute approximate surface area is 200 Å². The minimum absolute atomic E-state index is 0.104. The number of piperidine rings is 1. The summed E-state index contributed by atoms with van der Waals surface area (Å²) < 4.78 is 16.7. The lowest BCUT2D eigenvalue weighted by Gasteiger charge is -2.33. The topological polar surface area (TPSA) is 83.3 Å². The smallest absolute Gasteiger partial charge is 0.409 e. The molecule has 4 aromatic rings. The van der Waals surface area contributed by atoms with Crippen LogP contribution in [0.25, 0.3) is 22.2 Å². The van der Waals surface area contributed by atoms with E-state index >= 15 is 0 Å². The molecule has 0 atom stereocenters. The molecule has 1 saturated heterocycles. The Bertz CT molecular complexity index is 1340. The van der Waals surface area contributed by atoms with Crippen LogP contribution in [0.15, 0.2) is 61.1 Å². The van der Waals surface area contributed by atoms with E-state index in [-0.39, 0.29) is 11.7 Å². The van der Waals surface area contributed by atoms with E-state index in [2.05, 4.69) is 49.0 Å². The van der Waals surface area contributed by atoms with Crippen molar-refractivity contribution in [2.45, 2.75) is 25.4 Å². The first kappa shape index (κ1) is 22.3. The number of amides is 1. The van der Waals surface area contributed by atoms with Crippen LogP contribution in [-0.4, -0.2) is 43.7 Å². The van der Waals surface area contributed by atoms with Gasteiger partial charge in [-0.15, -0.1) is 0 Å². The fraction of sp³-hybridized carbons (Fsp3) is 0.240. The molecule has 0 radical (unpaired) electrons. The number of anilines is 1. The van der Waals surface area contributed by atoms with Crippen molar-refractivity contribution in [2.75, 3.05) is 18.4 Å². The third kappa shape index (κ3) is 4.47. The van der Waals surface area contributed by atoms with Crippen LogP contribution in [-0.2, 0) is 6.54 Å². The third-order valence-electron chi connectivity index (χ3n) is 6.28. The predicted octanol–water partition coefficient (Wildman–Crippen LogP) is 5.82. The van der Waals surface area contributed by atoms with Gasteiger partial charge in [0.1, 0.15) is 22.9 Å². The largest absolute Gasteiger partial charge is 0.465 e. The molecule has 174 valence electrons. The summed E-state index contributed by atoms with van der Waals surface area (Å²) in [6.45, 7) is 2.84. The number of likely N-dealkylation sites (tertiary alicyclic amines) is 1. The number of fused-ring (bicyclic) bond motifs is 1. The highest BCUT2D eigenvalue weighted by atomic mass is 35.5. The van der Waals surface area contributed by atoms with E-state index in [9.17, 15) is 9.18 Å². The molecule has 1 aliphatic rings. The number of carbonyl (C=O) groups is 1. The minimum Gasteiger partial charge on any atom is -0.465 e. The van der Waals surface area contributed by atoms with Gasteiger partial charge in [-0.2, -0.15) is 0 Å². The van der Waals surface area contributed by atoms with Crippen molar-refractivity contribution >= 4 is 34.4 Å². The maximum atomic E-state index is 14.6. The Morgan fingerprint density at radius 1 is 1.15 bits per heavy atom. The molecule has 1 fully saturated rings. The van der Waals surface area contributed by atoms with E-state index in [1.54, 1.807) is 6.07 Å². The monoisotopic (exact) mass is 479 g/mol. The summed E-state index contributed by atoms with van der Waals surface area (Å²) in [6, 6.07) is 15.0. The zero-order valence-electron chi connectivity index (χ0n) is 18.3. The Kier molecular flexibility index (Phi) is 6.17. The summed E-state index contributed by atoms with van der Waals surface area (Å²) in [7, 11) is 0. The molecule has 9 heteroatoms. The van der Waals surface area contributed by atoms with Gasteiger partial charge in [0.15, 0.2) is 0 Å². The second kappa shape index (κ2) is 9.40. The average Bonchev–Trinajstić information content (AvgIpc) is 3.22. The summed E-state index contributed by atoms with van der Waals surface area (Å²) >= 11 is 6.46. The van der Waals surface area contributed by atoms with E-state index in [0.29, 0.717) is 27.3 Å². The molecule has 0 spiro atoms. The first-order valence-electron chi connectivity index (χ1n) is 11.1. The molecule has 1 aliphatic heterocycles. The highest BCUT2D eigenvalue weighted by molar-refractivity contribution is 6.35. The molecule has 2 N–H and O–H groups in total. The fourth-order valence-corrected chi connectivity index (χ4v) is 4.87. The van der Waals surface area contributed by atoms with Crippen molar-refractivity contribution < 1.29 is 14.3 Å². The number of benzene rings is 2. The standard InChI is InChI=1S/C25H23ClFN5O2/c26-23-22-19(17-6-7-21(20(27)12-17)30-25(33)34)14-32(24(22)29-15-28-23)18-8-10-31(11-9-18)13-16-4-2-1-3-5-16/h1-7,12,14-15,18,30H,8-11,13H2,(H,33,34). The van der Waals surface area contributed by atoms with Crippen molar-refractivity contribution in [3.05, 3.63) is 77.6 Å². The Morgan fingerprint density at radius 3 is 2.62 bits per heavy atom. The second-order valence-corrected chi connectivity index (χ2v) is 8.79. The van der Waals surface area contributed by atoms with Crippen LogP contribution in [0, 0.1) is 5.82 Å². The van der Waals surface area contributed by atoms with E-state index in [1.165, 1.54) is 24.0 Å². The van der Waals surface area contributed by atoms with Gasteiger partial charge in [0.25, 0.3) is 0 Å². The summed E-state index contributed by atoms with van der Waals surface area (Å²) in [5, 5.41) is 11.9. The molecular formula is C25H23ClFN5O2. The Morgan fingerprint density at radius 2 is 1.91 bits per heavy atom. The van der Waals surface area contributed by atoms with Gasteiger partial charge in [-0.3, -0.25) is 10.2 Å². The van der Waals surface area contributed by atoms with Gasteiger partial charge in [-0.05, 0) is 36.1 Å². The molecular weight excluding hydrogens is 457 g/mol. The molecule has 0 aliphatic carbocycles.